The fourth-order valence-corrected chi connectivity index (χ4v) is 1.89. The molecule has 18 heavy (non-hydrogen) atoms. The third kappa shape index (κ3) is 5.54. The van der Waals surface area contributed by atoms with Gasteiger partial charge >= 0.3 is 0 Å². The molecule has 0 amide bonds. The number of ether oxygens (including phenoxy) is 1. The van der Waals surface area contributed by atoms with E-state index < -0.39 is 0 Å². The molecule has 0 radical (unpaired) electrons. The summed E-state index contributed by atoms with van der Waals surface area (Å²) in [6, 6.07) is 8.96. The van der Waals surface area contributed by atoms with Crippen LogP contribution >= 0.6 is 0 Å². The molecule has 1 aromatic rings. The zero-order chi connectivity index (χ0) is 13.4. The monoisotopic (exact) mass is 249 g/mol. The van der Waals surface area contributed by atoms with Gasteiger partial charge in [0.15, 0.2) is 0 Å². The van der Waals surface area contributed by atoms with E-state index in [1.165, 1.54) is 5.56 Å². The van der Waals surface area contributed by atoms with Crippen LogP contribution in [-0.4, -0.2) is 18.7 Å². The molecule has 0 saturated carbocycles. The highest BCUT2D eigenvalue weighted by Crippen LogP contribution is 2.15. The molecule has 0 aliphatic rings. The molecule has 0 aliphatic heterocycles. The number of hydrogen-bond donors (Lipinski definition) is 1. The lowest BCUT2D eigenvalue weighted by Crippen LogP contribution is -2.35. The molecule has 1 aromatic carbocycles. The van der Waals surface area contributed by atoms with Crippen LogP contribution in [0.5, 0.6) is 5.75 Å². The first-order chi connectivity index (χ1) is 8.65. The Morgan fingerprint density at radius 3 is 2.28 bits per heavy atom. The SMILES string of the molecule is CCCC(CNC(C)C)Oc1ccc(CC)cc1. The predicted octanol–water partition coefficient (Wildman–Crippen LogP) is 3.79. The van der Waals surface area contributed by atoms with Gasteiger partial charge in [0.1, 0.15) is 11.9 Å². The fourth-order valence-electron chi connectivity index (χ4n) is 1.89. The number of rotatable bonds is 8. The molecule has 0 aromatic heterocycles. The number of aryl methyl sites for hydroxylation is 1. The second kappa shape index (κ2) is 8.15. The lowest BCUT2D eigenvalue weighted by Gasteiger charge is -2.20. The van der Waals surface area contributed by atoms with Crippen molar-refractivity contribution < 1.29 is 4.74 Å². The zero-order valence-electron chi connectivity index (χ0n) is 12.2. The minimum atomic E-state index is 0.268. The Labute approximate surface area is 112 Å². The minimum absolute atomic E-state index is 0.268. The van der Waals surface area contributed by atoms with E-state index in [4.69, 9.17) is 4.74 Å². The third-order valence-corrected chi connectivity index (χ3v) is 3.00. The molecule has 0 heterocycles. The minimum Gasteiger partial charge on any atom is -0.489 e. The van der Waals surface area contributed by atoms with E-state index >= 15 is 0 Å². The summed E-state index contributed by atoms with van der Waals surface area (Å²) in [5, 5.41) is 3.45. The van der Waals surface area contributed by atoms with Crippen LogP contribution in [-0.2, 0) is 6.42 Å². The summed E-state index contributed by atoms with van der Waals surface area (Å²) in [4.78, 5) is 0. The van der Waals surface area contributed by atoms with Crippen molar-refractivity contribution in [3.05, 3.63) is 29.8 Å². The Bertz CT molecular complexity index is 318. The molecular formula is C16H27NO. The van der Waals surface area contributed by atoms with Crippen LogP contribution in [0.1, 0.15) is 46.1 Å². The summed E-state index contributed by atoms with van der Waals surface area (Å²) in [5.74, 6) is 0.983. The average molecular weight is 249 g/mol. The summed E-state index contributed by atoms with van der Waals surface area (Å²) in [5.41, 5.74) is 1.36. The van der Waals surface area contributed by atoms with Crippen molar-refractivity contribution in [3.63, 3.8) is 0 Å². The Kier molecular flexibility index (Phi) is 6.81. The summed E-state index contributed by atoms with van der Waals surface area (Å²) < 4.78 is 6.04. The van der Waals surface area contributed by atoms with Gasteiger partial charge in [0, 0.05) is 12.6 Å². The topological polar surface area (TPSA) is 21.3 Å². The van der Waals surface area contributed by atoms with Crippen LogP contribution in [0.25, 0.3) is 0 Å². The number of benzene rings is 1. The van der Waals surface area contributed by atoms with Gasteiger partial charge in [-0.2, -0.15) is 0 Å². The van der Waals surface area contributed by atoms with E-state index in [9.17, 15) is 0 Å². The second-order valence-electron chi connectivity index (χ2n) is 5.09. The van der Waals surface area contributed by atoms with Crippen molar-refractivity contribution in [2.75, 3.05) is 6.54 Å². The van der Waals surface area contributed by atoms with Gasteiger partial charge < -0.3 is 10.1 Å². The summed E-state index contributed by atoms with van der Waals surface area (Å²) in [7, 11) is 0. The van der Waals surface area contributed by atoms with Gasteiger partial charge in [-0.15, -0.1) is 0 Å². The summed E-state index contributed by atoms with van der Waals surface area (Å²) >= 11 is 0. The molecule has 102 valence electrons. The van der Waals surface area contributed by atoms with Crippen LogP contribution in [0.2, 0.25) is 0 Å². The highest BCUT2D eigenvalue weighted by molar-refractivity contribution is 5.27. The van der Waals surface area contributed by atoms with E-state index in [-0.39, 0.29) is 6.10 Å². The third-order valence-electron chi connectivity index (χ3n) is 3.00. The largest absolute Gasteiger partial charge is 0.489 e. The van der Waals surface area contributed by atoms with E-state index in [2.05, 4.69) is 57.3 Å². The molecule has 0 bridgehead atoms. The van der Waals surface area contributed by atoms with Crippen LogP contribution in [0.4, 0.5) is 0 Å². The zero-order valence-corrected chi connectivity index (χ0v) is 12.2. The van der Waals surface area contributed by atoms with Gasteiger partial charge in [-0.3, -0.25) is 0 Å². The van der Waals surface area contributed by atoms with Gasteiger partial charge in [0.25, 0.3) is 0 Å². The second-order valence-corrected chi connectivity index (χ2v) is 5.09. The van der Waals surface area contributed by atoms with E-state index in [1.54, 1.807) is 0 Å². The molecule has 0 spiro atoms. The normalized spacial score (nSPS) is 12.7. The molecule has 1 atom stereocenters. The summed E-state index contributed by atoms with van der Waals surface area (Å²) in [6.45, 7) is 9.62. The highest BCUT2D eigenvalue weighted by atomic mass is 16.5. The first-order valence-corrected chi connectivity index (χ1v) is 7.14. The Hall–Kier alpha value is -1.02. The smallest absolute Gasteiger partial charge is 0.119 e. The van der Waals surface area contributed by atoms with Crippen molar-refractivity contribution in [1.82, 2.24) is 5.32 Å². The van der Waals surface area contributed by atoms with Gasteiger partial charge in [0.2, 0.25) is 0 Å². The maximum atomic E-state index is 6.04. The van der Waals surface area contributed by atoms with Crippen molar-refractivity contribution >= 4 is 0 Å². The van der Waals surface area contributed by atoms with Crippen LogP contribution < -0.4 is 10.1 Å². The van der Waals surface area contributed by atoms with Crippen molar-refractivity contribution in [1.29, 1.82) is 0 Å². The Balaban J connectivity index is 2.52. The molecule has 0 aliphatic carbocycles. The van der Waals surface area contributed by atoms with Crippen molar-refractivity contribution in [2.45, 2.75) is 59.1 Å². The van der Waals surface area contributed by atoms with Crippen molar-refractivity contribution in [2.24, 2.45) is 0 Å². The lowest BCUT2D eigenvalue weighted by atomic mass is 10.1. The Morgan fingerprint density at radius 2 is 1.78 bits per heavy atom. The van der Waals surface area contributed by atoms with Gasteiger partial charge in [-0.25, -0.2) is 0 Å². The average Bonchev–Trinajstić information content (AvgIpc) is 2.37. The molecule has 0 fully saturated rings. The standard InChI is InChI=1S/C16H27NO/c1-5-7-16(12-17-13(3)4)18-15-10-8-14(6-2)9-11-15/h8-11,13,16-17H,5-7,12H2,1-4H3. The quantitative estimate of drug-likeness (QED) is 0.756. The molecule has 1 rings (SSSR count). The van der Waals surface area contributed by atoms with Crippen molar-refractivity contribution in [3.8, 4) is 5.75 Å². The maximum absolute atomic E-state index is 6.04. The summed E-state index contributed by atoms with van der Waals surface area (Å²) in [6.07, 6.45) is 3.59. The fraction of sp³-hybridized carbons (Fsp3) is 0.625. The molecule has 2 heteroatoms. The molecule has 1 N–H and O–H groups in total. The predicted molar refractivity (Wildman–Crippen MR) is 78.3 cm³/mol. The van der Waals surface area contributed by atoms with Gasteiger partial charge in [0.05, 0.1) is 0 Å². The van der Waals surface area contributed by atoms with Gasteiger partial charge in [-0.05, 0) is 30.5 Å². The van der Waals surface area contributed by atoms with E-state index in [0.717, 1.165) is 31.6 Å². The lowest BCUT2D eigenvalue weighted by molar-refractivity contribution is 0.183. The number of hydrogen-bond acceptors (Lipinski definition) is 2. The van der Waals surface area contributed by atoms with Crippen LogP contribution in [0, 0.1) is 0 Å². The number of nitrogens with one attached hydrogen (secondary N) is 1. The van der Waals surface area contributed by atoms with Crippen LogP contribution in [0.15, 0.2) is 24.3 Å². The van der Waals surface area contributed by atoms with Crippen LogP contribution in [0.3, 0.4) is 0 Å². The van der Waals surface area contributed by atoms with E-state index in [1.807, 2.05) is 0 Å². The molecule has 2 nitrogen and oxygen atoms in total. The molecule has 0 saturated heterocycles. The van der Waals surface area contributed by atoms with Gasteiger partial charge in [-0.1, -0.05) is 46.2 Å². The van der Waals surface area contributed by atoms with E-state index in [0.29, 0.717) is 6.04 Å². The first-order valence-electron chi connectivity index (χ1n) is 7.14. The first kappa shape index (κ1) is 15.0. The Morgan fingerprint density at radius 1 is 1.11 bits per heavy atom. The molecular weight excluding hydrogens is 222 g/mol. The molecule has 1 unspecified atom stereocenters. The highest BCUT2D eigenvalue weighted by Gasteiger charge is 2.10. The maximum Gasteiger partial charge on any atom is 0.119 e.